The monoisotopic (exact) mass is 396 g/mol. The summed E-state index contributed by atoms with van der Waals surface area (Å²) in [7, 11) is 1.31. The maximum Gasteiger partial charge on any atom is 0.337 e. The quantitative estimate of drug-likeness (QED) is 0.604. The smallest absolute Gasteiger partial charge is 0.337 e. The molecule has 0 spiro atoms. The van der Waals surface area contributed by atoms with Gasteiger partial charge in [0.2, 0.25) is 0 Å². The molecule has 0 saturated heterocycles. The lowest BCUT2D eigenvalue weighted by atomic mass is 10.1. The van der Waals surface area contributed by atoms with Crippen molar-refractivity contribution in [2.45, 2.75) is 26.4 Å². The van der Waals surface area contributed by atoms with Crippen LogP contribution in [0.4, 0.5) is 0 Å². The Morgan fingerprint density at radius 3 is 2.55 bits per heavy atom. The third-order valence-electron chi connectivity index (χ3n) is 4.37. The van der Waals surface area contributed by atoms with Crippen LogP contribution in [0.25, 0.3) is 11.0 Å². The van der Waals surface area contributed by atoms with Crippen LogP contribution in [-0.4, -0.2) is 33.5 Å². The summed E-state index contributed by atoms with van der Waals surface area (Å²) >= 11 is 0. The second kappa shape index (κ2) is 8.51. The van der Waals surface area contributed by atoms with Crippen molar-refractivity contribution in [1.29, 1.82) is 0 Å². The van der Waals surface area contributed by atoms with Crippen LogP contribution in [0.1, 0.15) is 39.6 Å². The number of ether oxygens (including phenoxy) is 1. The number of benzene rings is 1. The largest absolute Gasteiger partial charge is 0.465 e. The summed E-state index contributed by atoms with van der Waals surface area (Å²) in [5.74, 6) is -0.848. The lowest BCUT2D eigenvalue weighted by molar-refractivity contribution is 0.0600. The molecule has 3 aromatic rings. The van der Waals surface area contributed by atoms with E-state index in [-0.39, 0.29) is 23.1 Å². The van der Waals surface area contributed by atoms with E-state index in [9.17, 15) is 19.2 Å². The second-order valence-electron chi connectivity index (χ2n) is 6.38. The van der Waals surface area contributed by atoms with Crippen molar-refractivity contribution in [2.75, 3.05) is 7.11 Å². The fourth-order valence-electron chi connectivity index (χ4n) is 2.88. The fourth-order valence-corrected chi connectivity index (χ4v) is 2.88. The first-order chi connectivity index (χ1) is 13.9. The van der Waals surface area contributed by atoms with Crippen LogP contribution in [0.5, 0.6) is 0 Å². The first-order valence-corrected chi connectivity index (χ1v) is 9.03. The molecule has 2 aromatic heterocycles. The number of H-pyrrole nitrogens is 1. The van der Waals surface area contributed by atoms with Crippen LogP contribution in [0.2, 0.25) is 0 Å². The molecule has 0 atom stereocenters. The number of aromatic amines is 1. The van der Waals surface area contributed by atoms with Crippen molar-refractivity contribution in [3.8, 4) is 0 Å². The molecule has 0 bridgehead atoms. The van der Waals surface area contributed by atoms with Gasteiger partial charge in [-0.1, -0.05) is 19.1 Å². The predicted octanol–water partition coefficient (Wildman–Crippen LogP) is 1.21. The van der Waals surface area contributed by atoms with Gasteiger partial charge in [-0.15, -0.1) is 0 Å². The van der Waals surface area contributed by atoms with Crippen molar-refractivity contribution >= 4 is 22.9 Å². The van der Waals surface area contributed by atoms with Gasteiger partial charge in [0.05, 0.1) is 23.6 Å². The van der Waals surface area contributed by atoms with Gasteiger partial charge in [-0.05, 0) is 30.2 Å². The highest BCUT2D eigenvalue weighted by molar-refractivity contribution is 5.96. The Morgan fingerprint density at radius 2 is 1.90 bits per heavy atom. The molecule has 1 aromatic carbocycles. The van der Waals surface area contributed by atoms with E-state index in [1.165, 1.54) is 23.9 Å². The highest BCUT2D eigenvalue weighted by Gasteiger charge is 2.13. The van der Waals surface area contributed by atoms with Gasteiger partial charge >= 0.3 is 11.7 Å². The van der Waals surface area contributed by atoms with Gasteiger partial charge in [-0.2, -0.15) is 0 Å². The number of amides is 1. The number of aromatic nitrogens is 3. The number of carbonyl (C=O) groups is 2. The van der Waals surface area contributed by atoms with Crippen LogP contribution in [-0.2, 0) is 17.8 Å². The molecule has 150 valence electrons. The maximum atomic E-state index is 12.5. The van der Waals surface area contributed by atoms with E-state index in [1.54, 1.807) is 24.3 Å². The lowest BCUT2D eigenvalue weighted by Crippen LogP contribution is -2.31. The summed E-state index contributed by atoms with van der Waals surface area (Å²) in [5, 5.41) is 2.91. The molecule has 9 heteroatoms. The summed E-state index contributed by atoms with van der Waals surface area (Å²) in [6, 6.07) is 8.05. The van der Waals surface area contributed by atoms with Gasteiger partial charge in [0.25, 0.3) is 11.5 Å². The van der Waals surface area contributed by atoms with E-state index < -0.39 is 23.1 Å². The molecule has 0 aliphatic heterocycles. The lowest BCUT2D eigenvalue weighted by Gasteiger charge is -2.09. The fraction of sp³-hybridized carbons (Fsp3) is 0.250. The van der Waals surface area contributed by atoms with E-state index in [0.29, 0.717) is 18.5 Å². The first kappa shape index (κ1) is 20.0. The Balaban J connectivity index is 1.80. The predicted molar refractivity (Wildman–Crippen MR) is 106 cm³/mol. The molecule has 0 unspecified atom stereocenters. The average molecular weight is 396 g/mol. The third-order valence-corrected chi connectivity index (χ3v) is 4.37. The molecular weight excluding hydrogens is 376 g/mol. The minimum atomic E-state index is -0.585. The zero-order valence-corrected chi connectivity index (χ0v) is 16.0. The minimum absolute atomic E-state index is 0.174. The van der Waals surface area contributed by atoms with Crippen LogP contribution in [0, 0.1) is 0 Å². The number of fused-ring (bicyclic) bond motifs is 1. The number of nitrogens with zero attached hydrogens (tertiary/aromatic N) is 2. The van der Waals surface area contributed by atoms with Crippen LogP contribution in [0.3, 0.4) is 0 Å². The van der Waals surface area contributed by atoms with Gasteiger partial charge in [-0.25, -0.2) is 14.6 Å². The molecule has 0 aliphatic rings. The number of esters is 1. The van der Waals surface area contributed by atoms with Gasteiger partial charge in [-0.3, -0.25) is 19.1 Å². The molecule has 0 saturated carbocycles. The summed E-state index contributed by atoms with van der Waals surface area (Å²) in [6.07, 6.45) is 2.03. The zero-order valence-electron chi connectivity index (χ0n) is 16.0. The average Bonchev–Trinajstić information content (AvgIpc) is 2.74. The summed E-state index contributed by atoms with van der Waals surface area (Å²) in [5.41, 5.74) is 0.543. The number of rotatable bonds is 6. The summed E-state index contributed by atoms with van der Waals surface area (Å²) in [4.78, 5) is 54.4. The third kappa shape index (κ3) is 4.23. The minimum Gasteiger partial charge on any atom is -0.465 e. The Hall–Kier alpha value is -3.75. The number of aryl methyl sites for hydroxylation is 1. The number of methoxy groups -OCH3 is 1. The van der Waals surface area contributed by atoms with Crippen molar-refractivity contribution in [3.05, 3.63) is 74.1 Å². The standard InChI is InChI=1S/C20H20N4O5/c1-3-8-24-16-15(18(26)23-20(24)28)9-14(11-21-16)17(25)22-10-12-4-6-13(7-5-12)19(27)29-2/h4-7,9,11H,3,8,10H2,1-2H3,(H,22,25)(H,23,26,28). The molecule has 2 N–H and O–H groups in total. The molecule has 29 heavy (non-hydrogen) atoms. The zero-order chi connectivity index (χ0) is 21.0. The van der Waals surface area contributed by atoms with Gasteiger partial charge in [0, 0.05) is 19.3 Å². The molecule has 9 nitrogen and oxygen atoms in total. The molecular formula is C20H20N4O5. The number of nitrogens with one attached hydrogen (secondary N) is 2. The number of hydrogen-bond donors (Lipinski definition) is 2. The second-order valence-corrected chi connectivity index (χ2v) is 6.38. The summed E-state index contributed by atoms with van der Waals surface area (Å²) in [6.45, 7) is 2.54. The molecule has 0 fully saturated rings. The van der Waals surface area contributed by atoms with Crippen LogP contribution >= 0.6 is 0 Å². The Labute approximate surface area is 165 Å². The topological polar surface area (TPSA) is 123 Å². The first-order valence-electron chi connectivity index (χ1n) is 9.03. The van der Waals surface area contributed by atoms with E-state index in [1.807, 2.05) is 6.92 Å². The highest BCUT2D eigenvalue weighted by Crippen LogP contribution is 2.10. The van der Waals surface area contributed by atoms with Crippen LogP contribution < -0.4 is 16.6 Å². The Morgan fingerprint density at radius 1 is 1.17 bits per heavy atom. The van der Waals surface area contributed by atoms with Crippen molar-refractivity contribution in [3.63, 3.8) is 0 Å². The van der Waals surface area contributed by atoms with E-state index >= 15 is 0 Å². The Kier molecular flexibility index (Phi) is 5.87. The van der Waals surface area contributed by atoms with Crippen LogP contribution in [0.15, 0.2) is 46.1 Å². The van der Waals surface area contributed by atoms with E-state index in [2.05, 4.69) is 20.0 Å². The van der Waals surface area contributed by atoms with Crippen molar-refractivity contribution in [1.82, 2.24) is 19.9 Å². The molecule has 3 rings (SSSR count). The van der Waals surface area contributed by atoms with Gasteiger partial charge in [0.1, 0.15) is 5.65 Å². The van der Waals surface area contributed by atoms with E-state index in [0.717, 1.165) is 5.56 Å². The van der Waals surface area contributed by atoms with Crippen molar-refractivity contribution in [2.24, 2.45) is 0 Å². The van der Waals surface area contributed by atoms with Gasteiger partial charge in [0.15, 0.2) is 0 Å². The number of hydrogen-bond acceptors (Lipinski definition) is 6. The molecule has 0 aliphatic carbocycles. The SMILES string of the molecule is CCCn1c(=O)[nH]c(=O)c2cc(C(=O)NCc3ccc(C(=O)OC)cc3)cnc21. The number of carbonyl (C=O) groups excluding carboxylic acids is 2. The highest BCUT2D eigenvalue weighted by atomic mass is 16.5. The molecule has 1 amide bonds. The van der Waals surface area contributed by atoms with Gasteiger partial charge < -0.3 is 10.1 Å². The Bertz CT molecular complexity index is 1180. The van der Waals surface area contributed by atoms with E-state index in [4.69, 9.17) is 0 Å². The van der Waals surface area contributed by atoms with Crippen molar-refractivity contribution < 1.29 is 14.3 Å². The number of pyridine rings is 1. The normalized spacial score (nSPS) is 10.7. The molecule has 2 heterocycles. The summed E-state index contributed by atoms with van der Waals surface area (Å²) < 4.78 is 6.02. The maximum absolute atomic E-state index is 12.5. The molecule has 0 radical (unpaired) electrons.